The monoisotopic (exact) mass is 280 g/mol. The maximum Gasteiger partial charge on any atom is 0.108 e. The second-order valence-electron chi connectivity index (χ2n) is 5.45. The van der Waals surface area contributed by atoms with Crippen LogP contribution in [0.2, 0.25) is 5.02 Å². The number of nitriles is 1. The molecule has 2 unspecified atom stereocenters. The van der Waals surface area contributed by atoms with E-state index in [0.717, 1.165) is 48.6 Å². The molecule has 1 fully saturated rings. The van der Waals surface area contributed by atoms with Gasteiger partial charge in [0.15, 0.2) is 0 Å². The van der Waals surface area contributed by atoms with Crippen LogP contribution in [0, 0.1) is 25.2 Å². The first kappa shape index (κ1) is 14.4. The molecule has 104 valence electrons. The van der Waals surface area contributed by atoms with E-state index in [1.807, 2.05) is 18.5 Å². The molecule has 0 bridgehead atoms. The first-order valence-electron chi connectivity index (χ1n) is 6.90. The van der Waals surface area contributed by atoms with Gasteiger partial charge in [0.05, 0.1) is 28.5 Å². The third-order valence-corrected chi connectivity index (χ3v) is 4.55. The number of hydrogen-bond donors (Lipinski definition) is 1. The lowest BCUT2D eigenvalue weighted by Gasteiger charge is -2.22. The van der Waals surface area contributed by atoms with Crippen LogP contribution < -0.4 is 5.32 Å². The summed E-state index contributed by atoms with van der Waals surface area (Å²) in [5.74, 6) is 0. The highest BCUT2D eigenvalue weighted by atomic mass is 35.5. The third-order valence-electron chi connectivity index (χ3n) is 4.00. The Kier molecular flexibility index (Phi) is 4.17. The molecule has 0 radical (unpaired) electrons. The third kappa shape index (κ3) is 2.63. The predicted octanol–water partition coefficient (Wildman–Crippen LogP) is 3.14. The summed E-state index contributed by atoms with van der Waals surface area (Å²) < 4.78 is 2.00. The second-order valence-corrected chi connectivity index (χ2v) is 5.82. The molecule has 1 aromatic heterocycles. The van der Waals surface area contributed by atoms with E-state index >= 15 is 0 Å². The molecule has 1 heterocycles. The Labute approximate surface area is 119 Å². The molecule has 0 aromatic carbocycles. The molecule has 2 rings (SSSR count). The zero-order chi connectivity index (χ0) is 14.0. The van der Waals surface area contributed by atoms with Gasteiger partial charge in [0.25, 0.3) is 0 Å². The van der Waals surface area contributed by atoms with Crippen molar-refractivity contribution in [1.29, 1.82) is 5.26 Å². The van der Waals surface area contributed by atoms with E-state index in [9.17, 15) is 5.26 Å². The molecular weight excluding hydrogens is 260 g/mol. The number of nitrogens with one attached hydrogen (secondary N) is 1. The van der Waals surface area contributed by atoms with Crippen molar-refractivity contribution in [3.63, 3.8) is 0 Å². The van der Waals surface area contributed by atoms with Crippen molar-refractivity contribution in [3.8, 4) is 6.07 Å². The minimum absolute atomic E-state index is 0.273. The van der Waals surface area contributed by atoms with Gasteiger partial charge in [-0.25, -0.2) is 0 Å². The van der Waals surface area contributed by atoms with E-state index in [1.165, 1.54) is 0 Å². The lowest BCUT2D eigenvalue weighted by molar-refractivity contribution is 0.385. The molecule has 1 aliphatic carbocycles. The fourth-order valence-electron chi connectivity index (χ4n) is 2.89. The smallest absolute Gasteiger partial charge is 0.108 e. The maximum absolute atomic E-state index is 9.47. The quantitative estimate of drug-likeness (QED) is 0.922. The Morgan fingerprint density at radius 1 is 1.58 bits per heavy atom. The maximum atomic E-state index is 9.47. The summed E-state index contributed by atoms with van der Waals surface area (Å²) in [4.78, 5) is 0. The number of rotatable bonds is 4. The van der Waals surface area contributed by atoms with Crippen molar-refractivity contribution in [2.75, 3.05) is 6.54 Å². The van der Waals surface area contributed by atoms with Crippen LogP contribution in [0.5, 0.6) is 0 Å². The average molecular weight is 281 g/mol. The number of aryl methyl sites for hydroxylation is 1. The minimum atomic E-state index is -0.389. The molecule has 0 aliphatic heterocycles. The van der Waals surface area contributed by atoms with E-state index in [2.05, 4.69) is 23.4 Å². The van der Waals surface area contributed by atoms with Crippen molar-refractivity contribution >= 4 is 11.6 Å². The molecule has 5 heteroatoms. The summed E-state index contributed by atoms with van der Waals surface area (Å²) in [6, 6.07) is 2.74. The summed E-state index contributed by atoms with van der Waals surface area (Å²) in [6.45, 7) is 6.92. The van der Waals surface area contributed by atoms with Crippen molar-refractivity contribution in [2.45, 2.75) is 58.0 Å². The van der Waals surface area contributed by atoms with E-state index in [4.69, 9.17) is 11.6 Å². The number of nitrogens with zero attached hydrogens (tertiary/aromatic N) is 3. The molecule has 19 heavy (non-hydrogen) atoms. The number of hydrogen-bond acceptors (Lipinski definition) is 3. The largest absolute Gasteiger partial charge is 0.299 e. The van der Waals surface area contributed by atoms with Gasteiger partial charge >= 0.3 is 0 Å². The van der Waals surface area contributed by atoms with Crippen molar-refractivity contribution in [2.24, 2.45) is 0 Å². The van der Waals surface area contributed by atoms with Crippen LogP contribution in [0.3, 0.4) is 0 Å². The topological polar surface area (TPSA) is 53.6 Å². The molecule has 1 N–H and O–H groups in total. The van der Waals surface area contributed by atoms with Gasteiger partial charge in [0.2, 0.25) is 0 Å². The Morgan fingerprint density at radius 2 is 2.32 bits per heavy atom. The van der Waals surface area contributed by atoms with E-state index in [1.54, 1.807) is 0 Å². The average Bonchev–Trinajstić information content (AvgIpc) is 2.95. The molecule has 1 aromatic rings. The Bertz CT molecular complexity index is 502. The number of halogens is 1. The molecule has 1 saturated carbocycles. The fraction of sp³-hybridized carbons (Fsp3) is 0.714. The molecular formula is C14H21ClN4. The Morgan fingerprint density at radius 3 is 2.84 bits per heavy atom. The van der Waals surface area contributed by atoms with Crippen LogP contribution in [-0.2, 0) is 0 Å². The summed E-state index contributed by atoms with van der Waals surface area (Å²) in [6.07, 6.45) is 3.70. The Balaban J connectivity index is 2.17. The minimum Gasteiger partial charge on any atom is -0.299 e. The van der Waals surface area contributed by atoms with Gasteiger partial charge in [-0.15, -0.1) is 0 Å². The highest BCUT2D eigenvalue weighted by molar-refractivity contribution is 6.31. The van der Waals surface area contributed by atoms with Crippen LogP contribution >= 0.6 is 11.6 Å². The Hall–Kier alpha value is -1.05. The summed E-state index contributed by atoms with van der Waals surface area (Å²) >= 11 is 6.20. The van der Waals surface area contributed by atoms with Crippen molar-refractivity contribution in [1.82, 2.24) is 15.1 Å². The van der Waals surface area contributed by atoms with Gasteiger partial charge in [0.1, 0.15) is 5.54 Å². The highest BCUT2D eigenvalue weighted by Gasteiger charge is 2.40. The van der Waals surface area contributed by atoms with Crippen molar-refractivity contribution < 1.29 is 0 Å². The van der Waals surface area contributed by atoms with Gasteiger partial charge in [0, 0.05) is 6.42 Å². The molecule has 0 amide bonds. The summed E-state index contributed by atoms with van der Waals surface area (Å²) in [5, 5.41) is 18.1. The summed E-state index contributed by atoms with van der Waals surface area (Å²) in [7, 11) is 0. The first-order chi connectivity index (χ1) is 9.03. The zero-order valence-corrected chi connectivity index (χ0v) is 12.6. The second kappa shape index (κ2) is 5.52. The van der Waals surface area contributed by atoms with E-state index in [-0.39, 0.29) is 11.6 Å². The van der Waals surface area contributed by atoms with Gasteiger partial charge in [-0.1, -0.05) is 18.5 Å². The van der Waals surface area contributed by atoms with Crippen LogP contribution in [0.4, 0.5) is 0 Å². The zero-order valence-electron chi connectivity index (χ0n) is 11.8. The highest BCUT2D eigenvalue weighted by Crippen LogP contribution is 2.39. The van der Waals surface area contributed by atoms with Crippen LogP contribution in [0.15, 0.2) is 0 Å². The lowest BCUT2D eigenvalue weighted by atomic mass is 9.99. The van der Waals surface area contributed by atoms with Crippen LogP contribution in [0.25, 0.3) is 0 Å². The standard InChI is InChI=1S/C14H21ClN4/c1-4-7-17-14(9-16)6-5-12(8-14)19-11(3)13(15)10(2)18-19/h12,17H,4-8H2,1-3H3. The molecule has 0 spiro atoms. The van der Waals surface area contributed by atoms with Gasteiger partial charge < -0.3 is 0 Å². The van der Waals surface area contributed by atoms with Gasteiger partial charge in [-0.3, -0.25) is 10.00 Å². The predicted molar refractivity (Wildman–Crippen MR) is 76.2 cm³/mol. The fourth-order valence-corrected chi connectivity index (χ4v) is 3.02. The first-order valence-corrected chi connectivity index (χ1v) is 7.28. The lowest BCUT2D eigenvalue weighted by Crippen LogP contribution is -2.42. The van der Waals surface area contributed by atoms with Crippen LogP contribution in [-0.4, -0.2) is 21.9 Å². The summed E-state index contributed by atoms with van der Waals surface area (Å²) in [5.41, 5.74) is 1.49. The van der Waals surface area contributed by atoms with Gasteiger partial charge in [-0.2, -0.15) is 10.4 Å². The van der Waals surface area contributed by atoms with Crippen molar-refractivity contribution in [3.05, 3.63) is 16.4 Å². The van der Waals surface area contributed by atoms with Crippen LogP contribution in [0.1, 0.15) is 50.0 Å². The SMILES string of the molecule is CCCNC1(C#N)CCC(n2nc(C)c(Cl)c2C)C1. The van der Waals surface area contributed by atoms with E-state index in [0.29, 0.717) is 0 Å². The van der Waals surface area contributed by atoms with E-state index < -0.39 is 0 Å². The molecule has 4 nitrogen and oxygen atoms in total. The normalized spacial score (nSPS) is 26.6. The molecule has 0 saturated heterocycles. The molecule has 2 atom stereocenters. The molecule has 1 aliphatic rings. The van der Waals surface area contributed by atoms with Gasteiger partial charge in [-0.05, 0) is 39.7 Å². The number of aromatic nitrogens is 2.